The molecule has 0 aliphatic carbocycles. The minimum absolute atomic E-state index is 0.168. The topological polar surface area (TPSA) is 237 Å². The second-order valence-corrected chi connectivity index (χ2v) is 24.8. The second-order valence-electron chi connectivity index (χ2n) is 20.6. The first-order valence-electron chi connectivity index (χ1n) is 27.9. The van der Waals surface area contributed by atoms with E-state index in [4.69, 9.17) is 0 Å². The predicted molar refractivity (Wildman–Crippen MR) is 335 cm³/mol. The smallest absolute Gasteiger partial charge is 0.322 e. The van der Waals surface area contributed by atoms with Gasteiger partial charge in [-0.2, -0.15) is 0 Å². The largest absolute Gasteiger partial charge is 0.480 e. The molecule has 0 spiro atoms. The van der Waals surface area contributed by atoms with Crippen LogP contribution in [-0.2, 0) is 48.3 Å². The zero-order chi connectivity index (χ0) is 60.8. The highest BCUT2D eigenvalue weighted by Crippen LogP contribution is 2.50. The van der Waals surface area contributed by atoms with E-state index < -0.39 is 111 Å². The van der Waals surface area contributed by atoms with Gasteiger partial charge in [0.05, 0.1) is 26.9 Å². The van der Waals surface area contributed by atoms with Crippen LogP contribution in [0.4, 0.5) is 0 Å². The molecule has 442 valence electrons. The number of nitrogens with one attached hydrogen (secondary N) is 5. The lowest BCUT2D eigenvalue weighted by Gasteiger charge is -2.37. The number of hydrogen-bond donors (Lipinski definition) is 7. The zero-order valence-corrected chi connectivity index (χ0v) is 50.0. The number of carbonyl (C=O) groups excluding carboxylic acids is 5. The van der Waals surface area contributed by atoms with Crippen LogP contribution in [0.3, 0.4) is 0 Å². The van der Waals surface area contributed by atoms with Crippen molar-refractivity contribution in [3.05, 3.63) is 257 Å². The lowest BCUT2D eigenvalue weighted by atomic mass is 9.84. The third-order valence-electron chi connectivity index (χ3n) is 14.1. The van der Waals surface area contributed by atoms with Crippen LogP contribution in [-0.4, -0.2) is 96.4 Å². The Morgan fingerprint density at radius 1 is 0.541 bits per heavy atom. The minimum Gasteiger partial charge on any atom is -0.480 e. The zero-order valence-electron chi connectivity index (χ0n) is 47.5. The van der Waals surface area contributed by atoms with Crippen molar-refractivity contribution in [2.45, 2.75) is 85.1 Å². The average molecular weight is 1200 g/mol. The average Bonchev–Trinajstić information content (AvgIpc) is 3.13. The Morgan fingerprint density at radius 2 is 0.965 bits per heavy atom. The van der Waals surface area contributed by atoms with E-state index in [9.17, 15) is 47.4 Å². The molecule has 0 aliphatic heterocycles. The van der Waals surface area contributed by atoms with Gasteiger partial charge in [0.2, 0.25) is 29.5 Å². The number of carboxylic acids is 1. The number of carboxylic acid groups (broad SMARTS) is 1. The summed E-state index contributed by atoms with van der Waals surface area (Å²) in [5, 5.41) is 31.2. The van der Waals surface area contributed by atoms with Crippen LogP contribution in [0.1, 0.15) is 78.5 Å². The maximum atomic E-state index is 14.9. The normalized spacial score (nSPS) is 13.2. The molecule has 5 amide bonds. The van der Waals surface area contributed by atoms with Gasteiger partial charge in [-0.25, -0.2) is 13.1 Å². The van der Waals surface area contributed by atoms with Crippen LogP contribution in [0.5, 0.6) is 0 Å². The summed E-state index contributed by atoms with van der Waals surface area (Å²) in [5.74, 6) is -5.75. The fraction of sp³-hybridized carbons (Fsp3) is 0.254. The number of carbonyl (C=O) groups is 6. The molecule has 0 saturated carbocycles. The summed E-state index contributed by atoms with van der Waals surface area (Å²) >= 11 is 3.05. The number of aliphatic hydroxyl groups excluding tert-OH is 1. The van der Waals surface area contributed by atoms with E-state index in [1.807, 2.05) is 150 Å². The molecule has 0 bridgehead atoms. The van der Waals surface area contributed by atoms with E-state index in [2.05, 4.69) is 57.7 Å². The third kappa shape index (κ3) is 17.4. The highest BCUT2D eigenvalue weighted by atomic mass is 32.2. The lowest BCUT2D eigenvalue weighted by Crippen LogP contribution is -2.59. The molecule has 0 unspecified atom stereocenters. The molecule has 4 atom stereocenters. The summed E-state index contributed by atoms with van der Waals surface area (Å²) in [6, 6.07) is 60.9. The number of amides is 5. The van der Waals surface area contributed by atoms with E-state index in [1.54, 1.807) is 50.7 Å². The molecule has 7 aromatic rings. The van der Waals surface area contributed by atoms with Gasteiger partial charge in [-0.3, -0.25) is 28.8 Å². The molecular weight excluding hydrogens is 1130 g/mol. The first-order valence-corrected chi connectivity index (χ1v) is 31.4. The van der Waals surface area contributed by atoms with Crippen molar-refractivity contribution in [3.63, 3.8) is 0 Å². The molecule has 0 saturated heterocycles. The highest BCUT2D eigenvalue weighted by Gasteiger charge is 2.41. The molecule has 0 aromatic heterocycles. The monoisotopic (exact) mass is 1200 g/mol. The van der Waals surface area contributed by atoms with Crippen LogP contribution in [0.2, 0.25) is 0 Å². The quantitative estimate of drug-likeness (QED) is 0.0127. The number of aryl methyl sites for hydroxylation is 1. The van der Waals surface area contributed by atoms with Gasteiger partial charge in [-0.1, -0.05) is 226 Å². The highest BCUT2D eigenvalue weighted by molar-refractivity contribution is 8.01. The number of aliphatic carboxylic acids is 1. The Balaban J connectivity index is 1.15. The van der Waals surface area contributed by atoms with Crippen LogP contribution in [0, 0.1) is 12.8 Å². The summed E-state index contributed by atoms with van der Waals surface area (Å²) in [6.07, 6.45) is 0.898. The molecule has 0 fully saturated rings. The summed E-state index contributed by atoms with van der Waals surface area (Å²) < 4.78 is 27.1. The predicted octanol–water partition coefficient (Wildman–Crippen LogP) is 9.04. The Morgan fingerprint density at radius 3 is 1.39 bits per heavy atom. The fourth-order valence-corrected chi connectivity index (χ4v) is 13.9. The van der Waals surface area contributed by atoms with Crippen LogP contribution in [0.25, 0.3) is 0 Å². The SMILES string of the molecule is Cc1ccc(S(=O)(=O)NC(=O)CC[C@@H](NC(=O)C[C@H](O)/C=C/CCSC(c2ccccc2)(c2ccccc2)c2ccccc2)C(=O)N[C@H](CSC(c2ccccc2)(c2ccccc2)c2ccccc2)C(=O)N[C@@H](C(=O)NCC(=O)O)C(C)C)cc1. The van der Waals surface area contributed by atoms with E-state index in [0.29, 0.717) is 12.2 Å². The van der Waals surface area contributed by atoms with Gasteiger partial charge in [-0.15, -0.1) is 23.5 Å². The van der Waals surface area contributed by atoms with E-state index in [1.165, 1.54) is 30.0 Å². The van der Waals surface area contributed by atoms with Crippen LogP contribution < -0.4 is 26.0 Å². The van der Waals surface area contributed by atoms with Gasteiger partial charge >= 0.3 is 5.97 Å². The van der Waals surface area contributed by atoms with Gasteiger partial charge < -0.3 is 31.5 Å². The maximum Gasteiger partial charge on any atom is 0.322 e. The number of allylic oxidation sites excluding steroid dienone is 1. The van der Waals surface area contributed by atoms with Crippen LogP contribution in [0.15, 0.2) is 223 Å². The van der Waals surface area contributed by atoms with Gasteiger partial charge in [0.25, 0.3) is 10.0 Å². The van der Waals surface area contributed by atoms with Crippen molar-refractivity contribution >= 4 is 69.1 Å². The van der Waals surface area contributed by atoms with E-state index >= 15 is 0 Å². The Kier molecular flexibility index (Phi) is 23.5. The third-order valence-corrected chi connectivity index (χ3v) is 18.7. The van der Waals surface area contributed by atoms with Crippen molar-refractivity contribution in [1.82, 2.24) is 26.0 Å². The minimum atomic E-state index is -4.35. The molecule has 15 nitrogen and oxygen atoms in total. The fourth-order valence-electron chi connectivity index (χ4n) is 9.83. The molecule has 0 heterocycles. The summed E-state index contributed by atoms with van der Waals surface area (Å²) in [5.41, 5.74) is 6.56. The standard InChI is InChI=1S/C67H71N5O10S3/c1-47(2)62(65(80)68-45-61(76)77)71-64(79)58(46-84-67(52-30-16-7-17-31-52,53-32-18-8-19-33-53)54-34-20-9-21-35-54)70-63(78)57(41-42-59(74)72-85(81,82)56-39-37-48(3)38-40-56)69-60(75)44-55(73)36-22-23-43-83-66(49-24-10-4-11-25-49,50-26-12-5-13-27-50)51-28-14-6-15-29-51/h4-22,24-40,47,55,57-58,62,73H,23,41-46H2,1-3H3,(H,68,80)(H,69,75)(H,70,78)(H,71,79)(H,72,74)(H,76,77)/b36-22+/t55-,57-,58-,62-/m1/s1. The first kappa shape index (κ1) is 64.3. The van der Waals surface area contributed by atoms with Crippen molar-refractivity contribution in [3.8, 4) is 0 Å². The number of sulfonamides is 1. The molecule has 7 rings (SSSR count). The summed E-state index contributed by atoms with van der Waals surface area (Å²) in [7, 11) is -4.35. The molecule has 7 aromatic carbocycles. The molecule has 18 heteroatoms. The van der Waals surface area contributed by atoms with Gasteiger partial charge in [-0.05, 0) is 76.9 Å². The van der Waals surface area contributed by atoms with Crippen molar-refractivity contribution in [2.24, 2.45) is 5.92 Å². The van der Waals surface area contributed by atoms with Gasteiger partial charge in [0.15, 0.2) is 0 Å². The first-order chi connectivity index (χ1) is 40.9. The second kappa shape index (κ2) is 31.0. The van der Waals surface area contributed by atoms with E-state index in [-0.39, 0.29) is 10.6 Å². The molecular formula is C67H71N5O10S3. The molecule has 7 N–H and O–H groups in total. The van der Waals surface area contributed by atoms with Crippen molar-refractivity contribution < 1.29 is 47.4 Å². The number of aliphatic hydroxyl groups is 1. The lowest BCUT2D eigenvalue weighted by molar-refractivity contribution is -0.139. The Bertz CT molecular complexity index is 3260. The summed E-state index contributed by atoms with van der Waals surface area (Å²) in [6.45, 7) is 4.38. The van der Waals surface area contributed by atoms with E-state index in [0.717, 1.165) is 38.9 Å². The number of benzene rings is 7. The van der Waals surface area contributed by atoms with Crippen molar-refractivity contribution in [1.29, 1.82) is 0 Å². The molecule has 0 radical (unpaired) electrons. The number of hydrogen-bond acceptors (Lipinski definition) is 11. The number of thioether (sulfide) groups is 2. The Hall–Kier alpha value is -8.29. The Labute approximate surface area is 506 Å². The van der Waals surface area contributed by atoms with Gasteiger partial charge in [0, 0.05) is 12.2 Å². The van der Waals surface area contributed by atoms with Crippen molar-refractivity contribution in [2.75, 3.05) is 18.1 Å². The molecule has 0 aliphatic rings. The summed E-state index contributed by atoms with van der Waals surface area (Å²) in [4.78, 5) is 82.2. The maximum absolute atomic E-state index is 14.9. The van der Waals surface area contributed by atoms with Gasteiger partial charge in [0.1, 0.15) is 24.7 Å². The number of rotatable bonds is 30. The van der Waals surface area contributed by atoms with Crippen LogP contribution >= 0.6 is 23.5 Å². The molecule has 85 heavy (non-hydrogen) atoms.